The summed E-state index contributed by atoms with van der Waals surface area (Å²) in [6, 6.07) is 7.47. The molecule has 1 amide bonds. The second-order valence-corrected chi connectivity index (χ2v) is 6.76. The van der Waals surface area contributed by atoms with Crippen LogP contribution < -0.4 is 10.2 Å². The summed E-state index contributed by atoms with van der Waals surface area (Å²) in [5, 5.41) is 12.2. The Morgan fingerprint density at radius 1 is 1.50 bits per heavy atom. The Hall–Kier alpha value is -1.93. The molecule has 1 saturated heterocycles. The zero-order valence-electron chi connectivity index (χ0n) is 13.0. The van der Waals surface area contributed by atoms with Crippen LogP contribution >= 0.6 is 11.6 Å². The molecule has 0 aliphatic carbocycles. The van der Waals surface area contributed by atoms with Crippen molar-refractivity contribution in [2.45, 2.75) is 38.8 Å². The van der Waals surface area contributed by atoms with Gasteiger partial charge in [0.25, 0.3) is 0 Å². The average Bonchev–Trinajstić information content (AvgIpc) is 2.84. The number of rotatable bonds is 2. The maximum atomic E-state index is 11.8. The predicted octanol–water partition coefficient (Wildman–Crippen LogP) is 3.32. The summed E-state index contributed by atoms with van der Waals surface area (Å²) in [5.74, 6) is 0. The number of ether oxygens (including phenoxy) is 1. The Morgan fingerprint density at radius 3 is 2.82 bits per heavy atom. The Bertz CT molecular complexity index is 604. The van der Waals surface area contributed by atoms with E-state index < -0.39 is 11.7 Å². The number of benzene rings is 1. The van der Waals surface area contributed by atoms with Gasteiger partial charge in [0.05, 0.1) is 16.6 Å². The van der Waals surface area contributed by atoms with Crippen molar-refractivity contribution < 1.29 is 9.53 Å². The number of alkyl carbamates (subject to hydrolysis) is 1. The van der Waals surface area contributed by atoms with Crippen molar-refractivity contribution in [1.82, 2.24) is 5.32 Å². The van der Waals surface area contributed by atoms with Crippen LogP contribution in [0, 0.1) is 11.3 Å². The Kier molecular flexibility index (Phi) is 4.82. The van der Waals surface area contributed by atoms with Gasteiger partial charge in [-0.2, -0.15) is 5.26 Å². The SMILES string of the molecule is CC(C)(C)OC(=O)N[C@@H]1CCN(c2ccc(C#N)c(Cl)c2)C1. The highest BCUT2D eigenvalue weighted by atomic mass is 35.5. The Balaban J connectivity index is 1.94. The lowest BCUT2D eigenvalue weighted by Gasteiger charge is -2.22. The normalized spacial score (nSPS) is 18.0. The lowest BCUT2D eigenvalue weighted by molar-refractivity contribution is 0.0509. The minimum absolute atomic E-state index is 0.0456. The van der Waals surface area contributed by atoms with Crippen LogP contribution in [-0.4, -0.2) is 30.8 Å². The molecule has 0 unspecified atom stereocenters. The predicted molar refractivity (Wildman–Crippen MR) is 86.2 cm³/mol. The smallest absolute Gasteiger partial charge is 0.407 e. The second kappa shape index (κ2) is 6.45. The molecule has 1 aliphatic heterocycles. The van der Waals surface area contributed by atoms with E-state index in [1.165, 1.54) is 0 Å². The standard InChI is InChI=1S/C16H20ClN3O2/c1-16(2,3)22-15(21)19-12-6-7-20(10-12)13-5-4-11(9-18)14(17)8-13/h4-5,8,12H,6-7,10H2,1-3H3,(H,19,21)/t12-/m1/s1. The van der Waals surface area contributed by atoms with Gasteiger partial charge in [0.15, 0.2) is 0 Å². The summed E-state index contributed by atoms with van der Waals surface area (Å²) in [4.78, 5) is 13.9. The number of hydrogen-bond donors (Lipinski definition) is 1. The molecule has 1 atom stereocenters. The third-order valence-corrected chi connectivity index (χ3v) is 3.66. The largest absolute Gasteiger partial charge is 0.444 e. The van der Waals surface area contributed by atoms with E-state index in [4.69, 9.17) is 21.6 Å². The first-order valence-corrected chi connectivity index (χ1v) is 7.60. The highest BCUT2D eigenvalue weighted by Crippen LogP contribution is 2.26. The van der Waals surface area contributed by atoms with Gasteiger partial charge < -0.3 is 15.0 Å². The van der Waals surface area contributed by atoms with Crippen molar-refractivity contribution in [1.29, 1.82) is 5.26 Å². The number of carbonyl (C=O) groups is 1. The van der Waals surface area contributed by atoms with Gasteiger partial charge in [-0.3, -0.25) is 0 Å². The third kappa shape index (κ3) is 4.28. The van der Waals surface area contributed by atoms with Crippen molar-refractivity contribution in [3.05, 3.63) is 28.8 Å². The first-order chi connectivity index (χ1) is 10.3. The van der Waals surface area contributed by atoms with Gasteiger partial charge in [0.2, 0.25) is 0 Å². The van der Waals surface area contributed by atoms with E-state index in [9.17, 15) is 4.79 Å². The first-order valence-electron chi connectivity index (χ1n) is 7.22. The topological polar surface area (TPSA) is 65.4 Å². The molecule has 0 radical (unpaired) electrons. The molecule has 6 heteroatoms. The van der Waals surface area contributed by atoms with Gasteiger partial charge in [0.1, 0.15) is 11.7 Å². The maximum Gasteiger partial charge on any atom is 0.407 e. The number of hydrogen-bond acceptors (Lipinski definition) is 4. The number of nitrogens with zero attached hydrogens (tertiary/aromatic N) is 2. The first kappa shape index (κ1) is 16.4. The fraction of sp³-hybridized carbons (Fsp3) is 0.500. The highest BCUT2D eigenvalue weighted by Gasteiger charge is 2.26. The summed E-state index contributed by atoms with van der Waals surface area (Å²) < 4.78 is 5.26. The van der Waals surface area contributed by atoms with Crippen LogP contribution in [0.4, 0.5) is 10.5 Å². The molecule has 0 spiro atoms. The van der Waals surface area contributed by atoms with Gasteiger partial charge in [-0.25, -0.2) is 4.79 Å². The molecule has 2 rings (SSSR count). The average molecular weight is 322 g/mol. The minimum Gasteiger partial charge on any atom is -0.444 e. The summed E-state index contributed by atoms with van der Waals surface area (Å²) >= 11 is 6.06. The van der Waals surface area contributed by atoms with Gasteiger partial charge in [-0.05, 0) is 45.4 Å². The summed E-state index contributed by atoms with van der Waals surface area (Å²) in [5.41, 5.74) is 0.925. The second-order valence-electron chi connectivity index (χ2n) is 6.35. The van der Waals surface area contributed by atoms with E-state index in [1.807, 2.05) is 32.9 Å². The van der Waals surface area contributed by atoms with Crippen LogP contribution in [0.25, 0.3) is 0 Å². The van der Waals surface area contributed by atoms with E-state index in [0.717, 1.165) is 18.7 Å². The number of nitrogens with one attached hydrogen (secondary N) is 1. The molecule has 5 nitrogen and oxygen atoms in total. The van der Waals surface area contributed by atoms with Crippen LogP contribution in [0.15, 0.2) is 18.2 Å². The summed E-state index contributed by atoms with van der Waals surface area (Å²) in [6.45, 7) is 7.04. The lowest BCUT2D eigenvalue weighted by atomic mass is 10.2. The van der Waals surface area contributed by atoms with E-state index in [1.54, 1.807) is 12.1 Å². The van der Waals surface area contributed by atoms with Gasteiger partial charge in [-0.15, -0.1) is 0 Å². The van der Waals surface area contributed by atoms with Gasteiger partial charge in [0, 0.05) is 18.8 Å². The molecule has 22 heavy (non-hydrogen) atoms. The molecule has 0 aromatic heterocycles. The highest BCUT2D eigenvalue weighted by molar-refractivity contribution is 6.32. The van der Waals surface area contributed by atoms with E-state index >= 15 is 0 Å². The summed E-state index contributed by atoms with van der Waals surface area (Å²) in [7, 11) is 0. The number of carbonyl (C=O) groups excluding carboxylic acids is 1. The minimum atomic E-state index is -0.497. The zero-order chi connectivity index (χ0) is 16.3. The van der Waals surface area contributed by atoms with Crippen LogP contribution in [0.3, 0.4) is 0 Å². The van der Waals surface area contributed by atoms with Crippen molar-refractivity contribution in [3.63, 3.8) is 0 Å². The molecule has 1 aromatic rings. The number of anilines is 1. The molecule has 1 heterocycles. The molecule has 0 bridgehead atoms. The molecule has 0 saturated carbocycles. The molecular formula is C16H20ClN3O2. The van der Waals surface area contributed by atoms with Crippen LogP contribution in [0.2, 0.25) is 5.02 Å². The van der Waals surface area contributed by atoms with Crippen molar-refractivity contribution >= 4 is 23.4 Å². The zero-order valence-corrected chi connectivity index (χ0v) is 13.8. The Morgan fingerprint density at radius 2 is 2.23 bits per heavy atom. The Labute approximate surface area is 135 Å². The fourth-order valence-corrected chi connectivity index (χ4v) is 2.60. The van der Waals surface area contributed by atoms with Crippen molar-refractivity contribution in [2.24, 2.45) is 0 Å². The number of amides is 1. The van der Waals surface area contributed by atoms with Crippen LogP contribution in [0.5, 0.6) is 0 Å². The van der Waals surface area contributed by atoms with Crippen LogP contribution in [-0.2, 0) is 4.74 Å². The molecule has 1 fully saturated rings. The number of halogens is 1. The van der Waals surface area contributed by atoms with E-state index in [-0.39, 0.29) is 6.04 Å². The number of nitriles is 1. The van der Waals surface area contributed by atoms with Crippen LogP contribution in [0.1, 0.15) is 32.8 Å². The van der Waals surface area contributed by atoms with Crippen molar-refractivity contribution in [3.8, 4) is 6.07 Å². The van der Waals surface area contributed by atoms with Gasteiger partial charge >= 0.3 is 6.09 Å². The van der Waals surface area contributed by atoms with Gasteiger partial charge in [-0.1, -0.05) is 11.6 Å². The van der Waals surface area contributed by atoms with E-state index in [2.05, 4.69) is 10.2 Å². The summed E-state index contributed by atoms with van der Waals surface area (Å²) in [6.07, 6.45) is 0.453. The molecule has 1 aliphatic rings. The molecular weight excluding hydrogens is 302 g/mol. The monoisotopic (exact) mass is 321 g/mol. The van der Waals surface area contributed by atoms with Crippen molar-refractivity contribution in [2.75, 3.05) is 18.0 Å². The van der Waals surface area contributed by atoms with E-state index in [0.29, 0.717) is 17.1 Å². The molecule has 1 N–H and O–H groups in total. The quantitative estimate of drug-likeness (QED) is 0.907. The fourth-order valence-electron chi connectivity index (χ4n) is 2.38. The lowest BCUT2D eigenvalue weighted by Crippen LogP contribution is -2.40. The molecule has 1 aromatic carbocycles. The third-order valence-electron chi connectivity index (χ3n) is 3.35. The molecule has 118 valence electrons. The maximum absolute atomic E-state index is 11.8.